The maximum absolute atomic E-state index is 5.19. The second-order valence-electron chi connectivity index (χ2n) is 6.32. The van der Waals surface area contributed by atoms with Crippen molar-refractivity contribution in [3.05, 3.63) is 72.1 Å². The number of aromatic nitrogens is 2. The van der Waals surface area contributed by atoms with Gasteiger partial charge in [-0.1, -0.05) is 30.3 Å². The highest BCUT2D eigenvalue weighted by Crippen LogP contribution is 2.33. The zero-order valence-electron chi connectivity index (χ0n) is 14.9. The molecule has 2 heterocycles. The van der Waals surface area contributed by atoms with Gasteiger partial charge in [0, 0.05) is 24.8 Å². The van der Waals surface area contributed by atoms with Crippen LogP contribution in [0.4, 0.5) is 17.3 Å². The second kappa shape index (κ2) is 7.44. The quantitative estimate of drug-likeness (QED) is 0.735. The van der Waals surface area contributed by atoms with E-state index in [4.69, 9.17) is 4.74 Å². The smallest absolute Gasteiger partial charge is 0.138 e. The van der Waals surface area contributed by atoms with E-state index in [-0.39, 0.29) is 0 Å². The number of anilines is 3. The third-order valence-electron chi connectivity index (χ3n) is 4.70. The SMILES string of the molecule is COc1ccc(CCNc2cc(N3CCc4ccccc43)ncn2)cc1. The first-order chi connectivity index (χ1) is 12.8. The van der Waals surface area contributed by atoms with E-state index in [1.807, 2.05) is 18.2 Å². The van der Waals surface area contributed by atoms with Gasteiger partial charge in [-0.05, 0) is 42.2 Å². The molecule has 0 atom stereocenters. The molecular formula is C21H22N4O. The van der Waals surface area contributed by atoms with Crippen LogP contribution in [0.15, 0.2) is 60.9 Å². The van der Waals surface area contributed by atoms with Crippen LogP contribution in [0.3, 0.4) is 0 Å². The van der Waals surface area contributed by atoms with Gasteiger partial charge in [-0.3, -0.25) is 0 Å². The summed E-state index contributed by atoms with van der Waals surface area (Å²) in [7, 11) is 1.68. The lowest BCUT2D eigenvalue weighted by Gasteiger charge is -2.18. The first kappa shape index (κ1) is 16.4. The average Bonchev–Trinajstić information content (AvgIpc) is 3.13. The minimum atomic E-state index is 0.819. The van der Waals surface area contributed by atoms with Crippen molar-refractivity contribution in [2.75, 3.05) is 30.4 Å². The van der Waals surface area contributed by atoms with Gasteiger partial charge in [0.2, 0.25) is 0 Å². The number of benzene rings is 2. The van der Waals surface area contributed by atoms with Crippen molar-refractivity contribution in [2.24, 2.45) is 0 Å². The molecule has 0 spiro atoms. The van der Waals surface area contributed by atoms with Crippen LogP contribution < -0.4 is 15.0 Å². The van der Waals surface area contributed by atoms with Crippen LogP contribution in [0.1, 0.15) is 11.1 Å². The Hall–Kier alpha value is -3.08. The topological polar surface area (TPSA) is 50.3 Å². The molecule has 3 aromatic rings. The van der Waals surface area contributed by atoms with Gasteiger partial charge in [0.15, 0.2) is 0 Å². The van der Waals surface area contributed by atoms with Crippen LogP contribution in [-0.2, 0) is 12.8 Å². The Balaban J connectivity index is 1.40. The van der Waals surface area contributed by atoms with E-state index in [9.17, 15) is 0 Å². The molecule has 1 aliphatic rings. The Bertz CT molecular complexity index is 879. The average molecular weight is 346 g/mol. The Morgan fingerprint density at radius 3 is 2.77 bits per heavy atom. The molecule has 0 radical (unpaired) electrons. The molecule has 1 N–H and O–H groups in total. The van der Waals surface area contributed by atoms with E-state index in [1.165, 1.54) is 16.8 Å². The van der Waals surface area contributed by atoms with Gasteiger partial charge in [0.05, 0.1) is 7.11 Å². The molecule has 0 amide bonds. The summed E-state index contributed by atoms with van der Waals surface area (Å²) >= 11 is 0. The zero-order chi connectivity index (χ0) is 17.8. The molecule has 132 valence electrons. The first-order valence-electron chi connectivity index (χ1n) is 8.88. The van der Waals surface area contributed by atoms with Gasteiger partial charge in [-0.2, -0.15) is 0 Å². The normalized spacial score (nSPS) is 12.7. The number of nitrogens with one attached hydrogen (secondary N) is 1. The van der Waals surface area contributed by atoms with E-state index >= 15 is 0 Å². The molecule has 0 saturated carbocycles. The molecule has 1 aliphatic heterocycles. The Labute approximate surface area is 153 Å². The van der Waals surface area contributed by atoms with Crippen molar-refractivity contribution in [2.45, 2.75) is 12.8 Å². The summed E-state index contributed by atoms with van der Waals surface area (Å²) < 4.78 is 5.19. The van der Waals surface area contributed by atoms with Gasteiger partial charge >= 0.3 is 0 Å². The molecular weight excluding hydrogens is 324 g/mol. The summed E-state index contributed by atoms with van der Waals surface area (Å²) in [5.41, 5.74) is 3.89. The summed E-state index contributed by atoms with van der Waals surface area (Å²) in [6.45, 7) is 1.78. The van der Waals surface area contributed by atoms with Crippen LogP contribution in [-0.4, -0.2) is 30.2 Å². The number of hydrogen-bond donors (Lipinski definition) is 1. The monoisotopic (exact) mass is 346 g/mol. The predicted octanol–water partition coefficient (Wildman–Crippen LogP) is 3.83. The Morgan fingerprint density at radius 2 is 1.92 bits per heavy atom. The molecule has 0 saturated heterocycles. The van der Waals surface area contributed by atoms with Crippen LogP contribution in [0.5, 0.6) is 5.75 Å². The van der Waals surface area contributed by atoms with Crippen LogP contribution in [0, 0.1) is 0 Å². The van der Waals surface area contributed by atoms with Crippen molar-refractivity contribution in [3.63, 3.8) is 0 Å². The molecule has 4 rings (SSSR count). The third kappa shape index (κ3) is 3.47. The number of methoxy groups -OCH3 is 1. The van der Waals surface area contributed by atoms with E-state index < -0.39 is 0 Å². The fourth-order valence-electron chi connectivity index (χ4n) is 3.29. The van der Waals surface area contributed by atoms with Crippen molar-refractivity contribution >= 4 is 17.3 Å². The van der Waals surface area contributed by atoms with Crippen LogP contribution >= 0.6 is 0 Å². The number of rotatable bonds is 6. The number of fused-ring (bicyclic) bond motifs is 1. The highest BCUT2D eigenvalue weighted by Gasteiger charge is 2.20. The molecule has 0 fully saturated rings. The van der Waals surface area contributed by atoms with E-state index in [1.54, 1.807) is 13.4 Å². The standard InChI is InChI=1S/C21H22N4O/c1-26-18-8-6-16(7-9-18)10-12-22-20-14-21(24-15-23-20)25-13-11-17-4-2-3-5-19(17)25/h2-9,14-15H,10-13H2,1H3,(H,22,23,24). The maximum atomic E-state index is 5.19. The van der Waals surface area contributed by atoms with E-state index in [0.717, 1.165) is 43.3 Å². The van der Waals surface area contributed by atoms with Gasteiger partial charge in [-0.15, -0.1) is 0 Å². The van der Waals surface area contributed by atoms with Gasteiger partial charge in [-0.25, -0.2) is 9.97 Å². The molecule has 2 aromatic carbocycles. The van der Waals surface area contributed by atoms with Gasteiger partial charge in [0.25, 0.3) is 0 Å². The first-order valence-corrected chi connectivity index (χ1v) is 8.88. The molecule has 0 aliphatic carbocycles. The predicted molar refractivity (Wildman–Crippen MR) is 104 cm³/mol. The molecule has 0 bridgehead atoms. The minimum Gasteiger partial charge on any atom is -0.497 e. The lowest BCUT2D eigenvalue weighted by atomic mass is 10.1. The number of ether oxygens (including phenoxy) is 1. The zero-order valence-corrected chi connectivity index (χ0v) is 14.9. The van der Waals surface area contributed by atoms with Crippen molar-refractivity contribution < 1.29 is 4.74 Å². The summed E-state index contributed by atoms with van der Waals surface area (Å²) in [6.07, 6.45) is 3.61. The molecule has 5 heteroatoms. The summed E-state index contributed by atoms with van der Waals surface area (Å²) in [4.78, 5) is 11.1. The van der Waals surface area contributed by atoms with E-state index in [0.29, 0.717) is 0 Å². The number of hydrogen-bond acceptors (Lipinski definition) is 5. The molecule has 1 aromatic heterocycles. The minimum absolute atomic E-state index is 0.819. The maximum Gasteiger partial charge on any atom is 0.138 e. The van der Waals surface area contributed by atoms with Gasteiger partial charge in [0.1, 0.15) is 23.7 Å². The Kier molecular flexibility index (Phi) is 4.69. The van der Waals surface area contributed by atoms with Crippen LogP contribution in [0.2, 0.25) is 0 Å². The lowest BCUT2D eigenvalue weighted by Crippen LogP contribution is -2.15. The van der Waals surface area contributed by atoms with Crippen molar-refractivity contribution in [1.82, 2.24) is 9.97 Å². The van der Waals surface area contributed by atoms with Crippen molar-refractivity contribution in [1.29, 1.82) is 0 Å². The van der Waals surface area contributed by atoms with Crippen LogP contribution in [0.25, 0.3) is 0 Å². The second-order valence-corrected chi connectivity index (χ2v) is 6.32. The number of para-hydroxylation sites is 1. The third-order valence-corrected chi connectivity index (χ3v) is 4.70. The Morgan fingerprint density at radius 1 is 1.08 bits per heavy atom. The highest BCUT2D eigenvalue weighted by molar-refractivity contribution is 5.68. The fraction of sp³-hybridized carbons (Fsp3) is 0.238. The molecule has 5 nitrogen and oxygen atoms in total. The summed E-state index contributed by atoms with van der Waals surface area (Å²) in [5, 5.41) is 3.40. The number of nitrogens with zero attached hydrogens (tertiary/aromatic N) is 3. The molecule has 26 heavy (non-hydrogen) atoms. The largest absolute Gasteiger partial charge is 0.497 e. The van der Waals surface area contributed by atoms with Gasteiger partial charge < -0.3 is 15.0 Å². The highest BCUT2D eigenvalue weighted by atomic mass is 16.5. The fourth-order valence-corrected chi connectivity index (χ4v) is 3.29. The van der Waals surface area contributed by atoms with E-state index in [2.05, 4.69) is 56.6 Å². The van der Waals surface area contributed by atoms with Crippen molar-refractivity contribution in [3.8, 4) is 5.75 Å². The summed E-state index contributed by atoms with van der Waals surface area (Å²) in [6, 6.07) is 18.7. The summed E-state index contributed by atoms with van der Waals surface area (Å²) in [5.74, 6) is 2.68. The molecule has 0 unspecified atom stereocenters. The lowest BCUT2D eigenvalue weighted by molar-refractivity contribution is 0.414.